The summed E-state index contributed by atoms with van der Waals surface area (Å²) in [6, 6.07) is 16.0. The molecule has 1 unspecified atom stereocenters. The molecule has 6 heteroatoms. The number of amides is 1. The molecule has 0 saturated carbocycles. The number of piperidine rings is 1. The third kappa shape index (κ3) is 5.72. The van der Waals surface area contributed by atoms with Crippen LogP contribution in [0.1, 0.15) is 41.6 Å². The second-order valence-electron chi connectivity index (χ2n) is 7.32. The lowest BCUT2D eigenvalue weighted by molar-refractivity contribution is -0.134. The highest BCUT2D eigenvalue weighted by Crippen LogP contribution is 2.24. The molecule has 1 heterocycles. The number of hydrogen-bond donors (Lipinski definition) is 0. The number of Topliss-reactive ketones (excluding diaryl/α,β-unsaturated/α-hetero) is 1. The Balaban J connectivity index is 1.52. The summed E-state index contributed by atoms with van der Waals surface area (Å²) in [5, 5.41) is -0.0151. The number of aryl methyl sites for hydroxylation is 1. The molecule has 0 N–H and O–H groups in total. The molecule has 1 amide bonds. The van der Waals surface area contributed by atoms with Crippen LogP contribution < -0.4 is 4.74 Å². The minimum atomic E-state index is -0.571. The van der Waals surface area contributed by atoms with Crippen LogP contribution in [0.15, 0.2) is 54.6 Å². The molecule has 1 saturated heterocycles. The predicted octanol–water partition coefficient (Wildman–Crippen LogP) is 4.15. The molecule has 5 nitrogen and oxygen atoms in total. The molecule has 0 spiro atoms. The van der Waals surface area contributed by atoms with Crippen molar-refractivity contribution in [3.63, 3.8) is 0 Å². The van der Waals surface area contributed by atoms with E-state index in [4.69, 9.17) is 4.74 Å². The normalized spacial score (nSPS) is 16.2. The van der Waals surface area contributed by atoms with Gasteiger partial charge in [-0.15, -0.1) is 0 Å². The number of carbonyl (C=O) groups excluding carboxylic acids is 3. The molecule has 0 bridgehead atoms. The Morgan fingerprint density at radius 3 is 2.47 bits per heavy atom. The third-order valence-electron chi connectivity index (χ3n) is 5.28. The highest BCUT2D eigenvalue weighted by Gasteiger charge is 2.35. The molecule has 1 aliphatic rings. The van der Waals surface area contributed by atoms with Gasteiger partial charge >= 0.3 is 0 Å². The molecule has 158 valence electrons. The van der Waals surface area contributed by atoms with Gasteiger partial charge in [-0.3, -0.25) is 14.4 Å². The van der Waals surface area contributed by atoms with E-state index in [-0.39, 0.29) is 5.12 Å². The SMILES string of the molecule is COc1ccc(CCCSC(=O)C2CCCCN2C(=O)C(=O)c2ccccc2)cc1. The van der Waals surface area contributed by atoms with Gasteiger partial charge in [-0.25, -0.2) is 0 Å². The van der Waals surface area contributed by atoms with Crippen LogP contribution in [0.25, 0.3) is 0 Å². The Morgan fingerprint density at radius 1 is 1.03 bits per heavy atom. The third-order valence-corrected chi connectivity index (χ3v) is 6.33. The average molecular weight is 426 g/mol. The molecular formula is C24H27NO4S. The fraction of sp³-hybridized carbons (Fsp3) is 0.375. The minimum absolute atomic E-state index is 0.0151. The topological polar surface area (TPSA) is 63.7 Å². The smallest absolute Gasteiger partial charge is 0.295 e. The molecular weight excluding hydrogens is 398 g/mol. The van der Waals surface area contributed by atoms with Crippen molar-refractivity contribution < 1.29 is 19.1 Å². The van der Waals surface area contributed by atoms with Gasteiger partial charge in [0.25, 0.3) is 5.91 Å². The lowest BCUT2D eigenvalue weighted by Gasteiger charge is -2.34. The van der Waals surface area contributed by atoms with Crippen LogP contribution >= 0.6 is 11.8 Å². The maximum absolute atomic E-state index is 12.8. The van der Waals surface area contributed by atoms with Gasteiger partial charge in [-0.05, 0) is 49.8 Å². The fourth-order valence-corrected chi connectivity index (χ4v) is 4.53. The summed E-state index contributed by atoms with van der Waals surface area (Å²) in [5.74, 6) is 0.407. The number of ether oxygens (including phenoxy) is 1. The van der Waals surface area contributed by atoms with Crippen molar-refractivity contribution in [3.05, 3.63) is 65.7 Å². The van der Waals surface area contributed by atoms with Crippen molar-refractivity contribution in [3.8, 4) is 5.75 Å². The highest BCUT2D eigenvalue weighted by molar-refractivity contribution is 8.13. The van der Waals surface area contributed by atoms with Gasteiger partial charge in [0.15, 0.2) is 0 Å². The Bertz CT molecular complexity index is 867. The molecule has 2 aromatic rings. The first-order valence-corrected chi connectivity index (χ1v) is 11.3. The Kier molecular flexibility index (Phi) is 8.08. The van der Waals surface area contributed by atoms with Gasteiger partial charge in [0.2, 0.25) is 10.9 Å². The first kappa shape index (κ1) is 22.1. The summed E-state index contributed by atoms with van der Waals surface area (Å²) < 4.78 is 5.16. The van der Waals surface area contributed by atoms with E-state index in [0.717, 1.165) is 31.4 Å². The average Bonchev–Trinajstić information content (AvgIpc) is 2.81. The number of nitrogens with zero attached hydrogens (tertiary/aromatic N) is 1. The molecule has 1 atom stereocenters. The van der Waals surface area contributed by atoms with E-state index in [1.165, 1.54) is 22.2 Å². The first-order valence-electron chi connectivity index (χ1n) is 10.3. The van der Waals surface area contributed by atoms with Crippen LogP contribution in [-0.2, 0) is 16.0 Å². The maximum atomic E-state index is 12.8. The lowest BCUT2D eigenvalue weighted by Crippen LogP contribution is -2.49. The first-order chi connectivity index (χ1) is 14.6. The second kappa shape index (κ2) is 11.0. The highest BCUT2D eigenvalue weighted by atomic mass is 32.2. The van der Waals surface area contributed by atoms with Crippen molar-refractivity contribution >= 4 is 28.6 Å². The zero-order valence-electron chi connectivity index (χ0n) is 17.2. The molecule has 2 aromatic carbocycles. The Hall–Kier alpha value is -2.60. The van der Waals surface area contributed by atoms with E-state index in [9.17, 15) is 14.4 Å². The van der Waals surface area contributed by atoms with Gasteiger partial charge in [0.05, 0.1) is 7.11 Å². The largest absolute Gasteiger partial charge is 0.497 e. The minimum Gasteiger partial charge on any atom is -0.497 e. The van der Waals surface area contributed by atoms with Gasteiger partial charge < -0.3 is 9.64 Å². The molecule has 1 fully saturated rings. The Morgan fingerprint density at radius 2 is 1.77 bits per heavy atom. The van der Waals surface area contributed by atoms with Crippen LogP contribution in [0.3, 0.4) is 0 Å². The standard InChI is InChI=1S/C24H27NO4S/c1-29-20-14-12-18(13-15-20)8-7-17-30-24(28)21-11-5-6-16-25(21)23(27)22(26)19-9-3-2-4-10-19/h2-4,9-10,12-15,21H,5-8,11,16-17H2,1H3. The zero-order chi connectivity index (χ0) is 21.3. The van der Waals surface area contributed by atoms with Crippen LogP contribution in [0.4, 0.5) is 0 Å². The Labute approximate surface area is 181 Å². The molecule has 30 heavy (non-hydrogen) atoms. The van der Waals surface area contributed by atoms with Crippen LogP contribution in [0.2, 0.25) is 0 Å². The van der Waals surface area contributed by atoms with Crippen molar-refractivity contribution in [2.75, 3.05) is 19.4 Å². The van der Waals surface area contributed by atoms with Crippen LogP contribution in [0, 0.1) is 0 Å². The number of hydrogen-bond acceptors (Lipinski definition) is 5. The number of ketones is 1. The molecule has 3 rings (SSSR count). The summed E-state index contributed by atoms with van der Waals surface area (Å²) in [6.07, 6.45) is 4.08. The van der Waals surface area contributed by atoms with Gasteiger partial charge in [-0.1, -0.05) is 54.2 Å². The van der Waals surface area contributed by atoms with E-state index in [1.54, 1.807) is 37.4 Å². The number of carbonyl (C=O) groups is 3. The van der Waals surface area contributed by atoms with Gasteiger partial charge in [0, 0.05) is 17.9 Å². The summed E-state index contributed by atoms with van der Waals surface area (Å²) >= 11 is 1.27. The van der Waals surface area contributed by atoms with Gasteiger partial charge in [-0.2, -0.15) is 0 Å². The summed E-state index contributed by atoms with van der Waals surface area (Å²) in [6.45, 7) is 0.459. The number of methoxy groups -OCH3 is 1. The summed E-state index contributed by atoms with van der Waals surface area (Å²) in [4.78, 5) is 39.6. The van der Waals surface area contributed by atoms with E-state index in [2.05, 4.69) is 0 Å². The lowest BCUT2D eigenvalue weighted by atomic mass is 10.0. The summed E-state index contributed by atoms with van der Waals surface area (Å²) in [7, 11) is 1.64. The van der Waals surface area contributed by atoms with E-state index < -0.39 is 17.7 Å². The van der Waals surface area contributed by atoms with Crippen LogP contribution in [0.5, 0.6) is 5.75 Å². The van der Waals surface area contributed by atoms with Gasteiger partial charge in [0.1, 0.15) is 11.8 Å². The number of benzene rings is 2. The molecule has 1 aliphatic heterocycles. The summed E-state index contributed by atoms with van der Waals surface area (Å²) in [5.41, 5.74) is 1.57. The van der Waals surface area contributed by atoms with E-state index in [0.29, 0.717) is 24.3 Å². The maximum Gasteiger partial charge on any atom is 0.295 e. The molecule has 0 aromatic heterocycles. The quantitative estimate of drug-likeness (QED) is 0.361. The predicted molar refractivity (Wildman–Crippen MR) is 119 cm³/mol. The van der Waals surface area contributed by atoms with Crippen LogP contribution in [-0.4, -0.2) is 47.2 Å². The number of rotatable bonds is 8. The fourth-order valence-electron chi connectivity index (χ4n) is 3.60. The molecule has 0 radical (unpaired) electrons. The number of likely N-dealkylation sites (tertiary alicyclic amines) is 1. The van der Waals surface area contributed by atoms with E-state index in [1.807, 2.05) is 24.3 Å². The van der Waals surface area contributed by atoms with Crippen molar-refractivity contribution in [2.45, 2.75) is 38.1 Å². The molecule has 0 aliphatic carbocycles. The van der Waals surface area contributed by atoms with Crippen molar-refractivity contribution in [1.29, 1.82) is 0 Å². The zero-order valence-corrected chi connectivity index (χ0v) is 18.0. The van der Waals surface area contributed by atoms with Crippen molar-refractivity contribution in [2.24, 2.45) is 0 Å². The number of thioether (sulfide) groups is 1. The monoisotopic (exact) mass is 425 g/mol. The van der Waals surface area contributed by atoms with Crippen molar-refractivity contribution in [1.82, 2.24) is 4.90 Å². The van der Waals surface area contributed by atoms with E-state index >= 15 is 0 Å². The second-order valence-corrected chi connectivity index (χ2v) is 8.42.